The fourth-order valence-electron chi connectivity index (χ4n) is 2.65. The van der Waals surface area contributed by atoms with E-state index in [0.29, 0.717) is 24.2 Å². The minimum absolute atomic E-state index is 0.304. The van der Waals surface area contributed by atoms with Gasteiger partial charge in [0.2, 0.25) is 0 Å². The number of allylic oxidation sites excluding steroid dienone is 1. The summed E-state index contributed by atoms with van der Waals surface area (Å²) in [5.41, 5.74) is 1.23. The molecule has 2 nitrogen and oxygen atoms in total. The second kappa shape index (κ2) is 4.63. The molecule has 1 N–H and O–H groups in total. The van der Waals surface area contributed by atoms with Crippen LogP contribution in [0.1, 0.15) is 39.5 Å². The van der Waals surface area contributed by atoms with E-state index in [1.54, 1.807) is 0 Å². The Morgan fingerprint density at radius 3 is 2.64 bits per heavy atom. The van der Waals surface area contributed by atoms with Crippen LogP contribution in [0.5, 0.6) is 0 Å². The fourth-order valence-corrected chi connectivity index (χ4v) is 2.65. The van der Waals surface area contributed by atoms with Crippen molar-refractivity contribution >= 4 is 5.97 Å². The van der Waals surface area contributed by atoms with E-state index >= 15 is 0 Å². The smallest absolute Gasteiger partial charge is 0.303 e. The van der Waals surface area contributed by atoms with Crippen molar-refractivity contribution in [2.45, 2.75) is 39.5 Å². The van der Waals surface area contributed by atoms with E-state index in [1.165, 1.54) is 18.4 Å². The van der Waals surface area contributed by atoms with Crippen LogP contribution in [-0.4, -0.2) is 11.1 Å². The summed E-state index contributed by atoms with van der Waals surface area (Å²) in [6, 6.07) is 0. The summed E-state index contributed by atoms with van der Waals surface area (Å²) in [7, 11) is 0. The first-order chi connectivity index (χ1) is 6.52. The molecule has 14 heavy (non-hydrogen) atoms. The predicted octanol–water partition coefficient (Wildman–Crippen LogP) is 3.09. The highest BCUT2D eigenvalue weighted by Crippen LogP contribution is 2.42. The van der Waals surface area contributed by atoms with Gasteiger partial charge in [-0.25, -0.2) is 0 Å². The van der Waals surface area contributed by atoms with Crippen molar-refractivity contribution in [3.8, 4) is 0 Å². The normalized spacial score (nSPS) is 31.7. The maximum atomic E-state index is 10.5. The molecule has 80 valence electrons. The third kappa shape index (κ3) is 2.60. The summed E-state index contributed by atoms with van der Waals surface area (Å²) in [5, 5.41) is 8.66. The zero-order valence-corrected chi connectivity index (χ0v) is 9.12. The molecule has 0 heterocycles. The van der Waals surface area contributed by atoms with Crippen LogP contribution in [0.4, 0.5) is 0 Å². The molecular weight excluding hydrogens is 176 g/mol. The number of hydrogen-bond donors (Lipinski definition) is 1. The number of hydrogen-bond acceptors (Lipinski definition) is 1. The van der Waals surface area contributed by atoms with E-state index in [0.717, 1.165) is 6.42 Å². The van der Waals surface area contributed by atoms with Gasteiger partial charge in [0.15, 0.2) is 0 Å². The van der Waals surface area contributed by atoms with Gasteiger partial charge < -0.3 is 5.11 Å². The van der Waals surface area contributed by atoms with Crippen LogP contribution in [0.25, 0.3) is 0 Å². The highest BCUT2D eigenvalue weighted by atomic mass is 16.4. The van der Waals surface area contributed by atoms with E-state index in [1.807, 2.05) is 0 Å². The van der Waals surface area contributed by atoms with Gasteiger partial charge in [-0.05, 0) is 43.9 Å². The molecule has 0 bridgehead atoms. The molecule has 0 radical (unpaired) electrons. The van der Waals surface area contributed by atoms with Crippen molar-refractivity contribution < 1.29 is 9.90 Å². The molecule has 1 rings (SSSR count). The SMILES string of the molecule is C=C(C)C1CCC(C)C1CCC(=O)O. The van der Waals surface area contributed by atoms with Crippen molar-refractivity contribution in [1.82, 2.24) is 0 Å². The average molecular weight is 196 g/mol. The van der Waals surface area contributed by atoms with Crippen LogP contribution < -0.4 is 0 Å². The first kappa shape index (κ1) is 11.3. The third-order valence-electron chi connectivity index (χ3n) is 3.51. The van der Waals surface area contributed by atoms with Gasteiger partial charge in [-0.1, -0.05) is 19.1 Å². The largest absolute Gasteiger partial charge is 0.481 e. The Kier molecular flexibility index (Phi) is 3.73. The Hall–Kier alpha value is -0.790. The quantitative estimate of drug-likeness (QED) is 0.701. The summed E-state index contributed by atoms with van der Waals surface area (Å²) in [5.74, 6) is 1.09. The number of carboxylic acids is 1. The van der Waals surface area contributed by atoms with Gasteiger partial charge in [0.05, 0.1) is 0 Å². The summed E-state index contributed by atoms with van der Waals surface area (Å²) < 4.78 is 0. The molecule has 0 spiro atoms. The minimum Gasteiger partial charge on any atom is -0.481 e. The van der Waals surface area contributed by atoms with E-state index in [2.05, 4.69) is 20.4 Å². The molecule has 1 fully saturated rings. The van der Waals surface area contributed by atoms with E-state index in [4.69, 9.17) is 5.11 Å². The van der Waals surface area contributed by atoms with E-state index < -0.39 is 5.97 Å². The number of rotatable bonds is 4. The van der Waals surface area contributed by atoms with Crippen LogP contribution >= 0.6 is 0 Å². The van der Waals surface area contributed by atoms with E-state index in [9.17, 15) is 4.79 Å². The van der Waals surface area contributed by atoms with Gasteiger partial charge in [0.25, 0.3) is 0 Å². The van der Waals surface area contributed by atoms with Crippen molar-refractivity contribution in [3.05, 3.63) is 12.2 Å². The van der Waals surface area contributed by atoms with Gasteiger partial charge in [0.1, 0.15) is 0 Å². The highest BCUT2D eigenvalue weighted by Gasteiger charge is 2.33. The molecular formula is C12H20O2. The molecule has 2 heteroatoms. The van der Waals surface area contributed by atoms with Gasteiger partial charge >= 0.3 is 5.97 Å². The first-order valence-corrected chi connectivity index (χ1v) is 5.39. The molecule has 3 unspecified atom stereocenters. The standard InChI is InChI=1S/C12H20O2/c1-8(2)10-5-4-9(3)11(10)6-7-12(13)14/h9-11H,1,4-7H2,2-3H3,(H,13,14). The van der Waals surface area contributed by atoms with Crippen LogP contribution in [0.3, 0.4) is 0 Å². The van der Waals surface area contributed by atoms with Gasteiger partial charge in [0, 0.05) is 6.42 Å². The molecule has 0 aromatic carbocycles. The highest BCUT2D eigenvalue weighted by molar-refractivity contribution is 5.66. The molecule has 0 aliphatic heterocycles. The molecule has 0 aromatic rings. The molecule has 0 aromatic heterocycles. The Balaban J connectivity index is 2.53. The van der Waals surface area contributed by atoms with Crippen molar-refractivity contribution in [2.24, 2.45) is 17.8 Å². The van der Waals surface area contributed by atoms with Crippen LogP contribution in [0, 0.1) is 17.8 Å². The summed E-state index contributed by atoms with van der Waals surface area (Å²) >= 11 is 0. The maximum Gasteiger partial charge on any atom is 0.303 e. The third-order valence-corrected chi connectivity index (χ3v) is 3.51. The number of carbonyl (C=O) groups is 1. The van der Waals surface area contributed by atoms with E-state index in [-0.39, 0.29) is 0 Å². The molecule has 0 amide bonds. The van der Waals surface area contributed by atoms with Crippen molar-refractivity contribution in [1.29, 1.82) is 0 Å². The Morgan fingerprint density at radius 2 is 2.14 bits per heavy atom. The lowest BCUT2D eigenvalue weighted by atomic mass is 9.83. The maximum absolute atomic E-state index is 10.5. The summed E-state index contributed by atoms with van der Waals surface area (Å²) in [6.07, 6.45) is 3.54. The van der Waals surface area contributed by atoms with Gasteiger partial charge in [-0.15, -0.1) is 0 Å². The second-order valence-electron chi connectivity index (χ2n) is 4.60. The molecule has 0 saturated heterocycles. The van der Waals surface area contributed by atoms with Crippen LogP contribution in [0.15, 0.2) is 12.2 Å². The Bertz CT molecular complexity index is 232. The lowest BCUT2D eigenvalue weighted by molar-refractivity contribution is -0.137. The summed E-state index contributed by atoms with van der Waals surface area (Å²) in [4.78, 5) is 10.5. The minimum atomic E-state index is -0.676. The molecule has 1 aliphatic rings. The zero-order valence-electron chi connectivity index (χ0n) is 9.12. The zero-order chi connectivity index (χ0) is 10.7. The molecule has 1 aliphatic carbocycles. The van der Waals surface area contributed by atoms with Gasteiger partial charge in [-0.3, -0.25) is 4.79 Å². The lowest BCUT2D eigenvalue weighted by Gasteiger charge is -2.22. The Morgan fingerprint density at radius 1 is 1.50 bits per heavy atom. The fraction of sp³-hybridized carbons (Fsp3) is 0.750. The van der Waals surface area contributed by atoms with Crippen molar-refractivity contribution in [3.63, 3.8) is 0 Å². The Labute approximate surface area is 86.0 Å². The monoisotopic (exact) mass is 196 g/mol. The second-order valence-corrected chi connectivity index (χ2v) is 4.60. The predicted molar refractivity (Wildman–Crippen MR) is 57.1 cm³/mol. The van der Waals surface area contributed by atoms with Crippen LogP contribution in [-0.2, 0) is 4.79 Å². The lowest BCUT2D eigenvalue weighted by Crippen LogP contribution is -2.15. The van der Waals surface area contributed by atoms with Crippen LogP contribution in [0.2, 0.25) is 0 Å². The number of carboxylic acid groups (broad SMARTS) is 1. The average Bonchev–Trinajstić information content (AvgIpc) is 2.43. The summed E-state index contributed by atoms with van der Waals surface area (Å²) in [6.45, 7) is 8.30. The van der Waals surface area contributed by atoms with Gasteiger partial charge in [-0.2, -0.15) is 0 Å². The van der Waals surface area contributed by atoms with Crippen molar-refractivity contribution in [2.75, 3.05) is 0 Å². The number of aliphatic carboxylic acids is 1. The first-order valence-electron chi connectivity index (χ1n) is 5.39. The molecule has 1 saturated carbocycles. The molecule has 3 atom stereocenters. The topological polar surface area (TPSA) is 37.3 Å².